The molecule has 0 aliphatic heterocycles. The number of alkyl halides is 1. The zero-order valence-corrected chi connectivity index (χ0v) is 23.6. The van der Waals surface area contributed by atoms with Gasteiger partial charge in [-0.1, -0.05) is 19.6 Å². The van der Waals surface area contributed by atoms with E-state index in [1.54, 1.807) is 6.20 Å². The summed E-state index contributed by atoms with van der Waals surface area (Å²) in [5.74, 6) is -0.692. The number of nitrogens with one attached hydrogen (secondary N) is 1. The van der Waals surface area contributed by atoms with Crippen LogP contribution in [0.1, 0.15) is 49.4 Å². The smallest absolute Gasteiger partial charge is 0.312 e. The molecule has 1 saturated carbocycles. The molecule has 1 atom stereocenters. The van der Waals surface area contributed by atoms with E-state index in [1.165, 1.54) is 13.8 Å². The average Bonchev–Trinajstić information content (AvgIpc) is 3.53. The minimum Gasteiger partial charge on any atom is -0.481 e. The van der Waals surface area contributed by atoms with Crippen LogP contribution in [0.4, 0.5) is 4.39 Å². The summed E-state index contributed by atoms with van der Waals surface area (Å²) < 4.78 is 49.8. The number of fused-ring (bicyclic) bond motifs is 2. The van der Waals surface area contributed by atoms with Gasteiger partial charge in [-0.25, -0.2) is 17.5 Å². The van der Waals surface area contributed by atoms with Gasteiger partial charge in [0.05, 0.1) is 16.9 Å². The van der Waals surface area contributed by atoms with Gasteiger partial charge in [-0.15, -0.1) is 0 Å². The molecule has 1 aromatic heterocycles. The van der Waals surface area contributed by atoms with Crippen LogP contribution in [0.15, 0.2) is 23.2 Å². The largest absolute Gasteiger partial charge is 0.481 e. The van der Waals surface area contributed by atoms with Gasteiger partial charge in [0.25, 0.3) is 0 Å². The van der Waals surface area contributed by atoms with Gasteiger partial charge in [-0.05, 0) is 68.8 Å². The standard InChI is InChI=1S/C26H37FN2O5SSi/c1-25(2,27)15-29-35(32,33)23-20-11-22(17-6-7-17)28-14-19(20)10-18-12-26(24(30)31,13-21(18)23)16-34-8-9-36(3,4)5/h10-11,14,17,29H,6-9,12-13,15-16H2,1-5H3,(H,30,31). The van der Waals surface area contributed by atoms with Crippen LogP contribution in [-0.4, -0.2) is 58.0 Å². The molecule has 1 aromatic carbocycles. The summed E-state index contributed by atoms with van der Waals surface area (Å²) in [7, 11) is -5.48. The second-order valence-electron chi connectivity index (χ2n) is 12.3. The number of nitrogens with zero attached hydrogens (tertiary/aromatic N) is 1. The van der Waals surface area contributed by atoms with Gasteiger partial charge in [0.15, 0.2) is 0 Å². The molecule has 0 spiro atoms. The minimum absolute atomic E-state index is 0.00778. The van der Waals surface area contributed by atoms with Gasteiger partial charge in [0.1, 0.15) is 5.67 Å². The number of aliphatic carboxylic acids is 1. The maximum atomic E-state index is 14.3. The van der Waals surface area contributed by atoms with Crippen LogP contribution in [0.5, 0.6) is 0 Å². The van der Waals surface area contributed by atoms with Crippen molar-refractivity contribution in [1.82, 2.24) is 9.71 Å². The summed E-state index contributed by atoms with van der Waals surface area (Å²) in [6, 6.07) is 4.59. The fraction of sp³-hybridized carbons (Fsp3) is 0.615. The molecular weight excluding hydrogens is 499 g/mol. The number of benzene rings is 1. The summed E-state index contributed by atoms with van der Waals surface area (Å²) in [5.41, 5.74) is -1.01. The van der Waals surface area contributed by atoms with E-state index in [0.717, 1.165) is 24.6 Å². The predicted octanol–water partition coefficient (Wildman–Crippen LogP) is 4.66. The van der Waals surface area contributed by atoms with Crippen molar-refractivity contribution in [3.8, 4) is 0 Å². The molecule has 0 saturated heterocycles. The fourth-order valence-electron chi connectivity index (χ4n) is 4.70. The molecule has 2 aliphatic carbocycles. The molecule has 2 N–H and O–H groups in total. The first-order valence-electron chi connectivity index (χ1n) is 12.5. The highest BCUT2D eigenvalue weighted by atomic mass is 32.2. The Bertz CT molecular complexity index is 1280. The van der Waals surface area contributed by atoms with Crippen molar-refractivity contribution >= 4 is 34.8 Å². The highest BCUT2D eigenvalue weighted by Crippen LogP contribution is 2.45. The summed E-state index contributed by atoms with van der Waals surface area (Å²) in [5, 5.41) is 11.4. The van der Waals surface area contributed by atoms with Crippen molar-refractivity contribution in [2.24, 2.45) is 5.41 Å². The first-order valence-corrected chi connectivity index (χ1v) is 17.7. The van der Waals surface area contributed by atoms with Crippen molar-refractivity contribution < 1.29 is 27.4 Å². The van der Waals surface area contributed by atoms with E-state index in [0.29, 0.717) is 34.4 Å². The van der Waals surface area contributed by atoms with Crippen molar-refractivity contribution in [2.45, 2.75) is 81.7 Å². The van der Waals surface area contributed by atoms with Crippen LogP contribution in [-0.2, 0) is 32.4 Å². The van der Waals surface area contributed by atoms with Crippen molar-refractivity contribution in [1.29, 1.82) is 0 Å². The number of rotatable bonds is 11. The van der Waals surface area contributed by atoms with Crippen LogP contribution < -0.4 is 4.72 Å². The lowest BCUT2D eigenvalue weighted by Gasteiger charge is -2.25. The maximum absolute atomic E-state index is 14.3. The number of hydrogen-bond donors (Lipinski definition) is 2. The van der Waals surface area contributed by atoms with Crippen LogP contribution in [0.2, 0.25) is 25.7 Å². The third-order valence-corrected chi connectivity index (χ3v) is 10.2. The Labute approximate surface area is 213 Å². The lowest BCUT2D eigenvalue weighted by molar-refractivity contribution is -0.152. The lowest BCUT2D eigenvalue weighted by Crippen LogP contribution is -2.38. The predicted molar refractivity (Wildman–Crippen MR) is 141 cm³/mol. The molecule has 198 valence electrons. The van der Waals surface area contributed by atoms with E-state index < -0.39 is 35.2 Å². The van der Waals surface area contributed by atoms with E-state index >= 15 is 0 Å². The number of hydrogen-bond acceptors (Lipinski definition) is 5. The van der Waals surface area contributed by atoms with Crippen LogP contribution >= 0.6 is 0 Å². The zero-order valence-electron chi connectivity index (χ0n) is 21.8. The maximum Gasteiger partial charge on any atom is 0.312 e. The molecule has 0 bridgehead atoms. The first-order chi connectivity index (χ1) is 16.6. The number of ether oxygens (including phenoxy) is 1. The number of carbonyl (C=O) groups is 1. The van der Waals surface area contributed by atoms with Crippen molar-refractivity contribution in [2.75, 3.05) is 19.8 Å². The van der Waals surface area contributed by atoms with E-state index in [4.69, 9.17) is 4.74 Å². The molecule has 36 heavy (non-hydrogen) atoms. The van der Waals surface area contributed by atoms with Crippen LogP contribution in [0, 0.1) is 5.41 Å². The Kier molecular flexibility index (Phi) is 7.13. The number of aromatic nitrogens is 1. The van der Waals surface area contributed by atoms with Gasteiger partial charge in [0, 0.05) is 49.8 Å². The lowest BCUT2D eigenvalue weighted by atomic mass is 9.86. The summed E-state index contributed by atoms with van der Waals surface area (Å²) in [6.07, 6.45) is 3.90. The molecule has 0 radical (unpaired) electrons. The van der Waals surface area contributed by atoms with Gasteiger partial charge in [0.2, 0.25) is 10.0 Å². The number of halogens is 1. The molecule has 1 fully saturated rings. The number of sulfonamides is 1. The van der Waals surface area contributed by atoms with Gasteiger partial charge >= 0.3 is 5.97 Å². The number of carboxylic acids is 1. The molecule has 4 rings (SSSR count). The molecule has 0 amide bonds. The highest BCUT2D eigenvalue weighted by molar-refractivity contribution is 7.89. The van der Waals surface area contributed by atoms with Crippen molar-refractivity contribution in [3.63, 3.8) is 0 Å². The molecule has 7 nitrogen and oxygen atoms in total. The van der Waals surface area contributed by atoms with Gasteiger partial charge < -0.3 is 9.84 Å². The highest BCUT2D eigenvalue weighted by Gasteiger charge is 2.47. The third-order valence-electron chi connectivity index (χ3n) is 7.01. The number of carboxylic acid groups (broad SMARTS) is 1. The Balaban J connectivity index is 1.77. The Morgan fingerprint density at radius 1 is 1.28 bits per heavy atom. The molecular formula is C26H37FN2O5SSi. The molecule has 1 heterocycles. The van der Waals surface area contributed by atoms with Gasteiger partial charge in [-0.2, -0.15) is 0 Å². The second kappa shape index (κ2) is 9.45. The zero-order chi connectivity index (χ0) is 26.5. The summed E-state index contributed by atoms with van der Waals surface area (Å²) in [4.78, 5) is 17.1. The van der Waals surface area contributed by atoms with E-state index in [-0.39, 0.29) is 30.9 Å². The van der Waals surface area contributed by atoms with E-state index in [1.807, 2.05) is 12.1 Å². The quantitative estimate of drug-likeness (QED) is 0.320. The first kappa shape index (κ1) is 27.2. The van der Waals surface area contributed by atoms with Crippen LogP contribution in [0.25, 0.3) is 10.8 Å². The Hall–Kier alpha value is -1.88. The fourth-order valence-corrected chi connectivity index (χ4v) is 7.13. The SMILES string of the molecule is CC(C)(F)CNS(=O)(=O)c1c2c(cc3cnc(C4CC4)cc13)CC(COCC[Si](C)(C)C)(C(=O)O)C2. The summed E-state index contributed by atoms with van der Waals surface area (Å²) >= 11 is 0. The molecule has 10 heteroatoms. The van der Waals surface area contributed by atoms with E-state index in [2.05, 4.69) is 29.3 Å². The normalized spacial score (nSPS) is 20.6. The van der Waals surface area contributed by atoms with Crippen LogP contribution in [0.3, 0.4) is 0 Å². The number of pyridine rings is 1. The topological polar surface area (TPSA) is 106 Å². The monoisotopic (exact) mass is 536 g/mol. The Morgan fingerprint density at radius 3 is 2.56 bits per heavy atom. The molecule has 1 unspecified atom stereocenters. The average molecular weight is 537 g/mol. The molecule has 2 aromatic rings. The Morgan fingerprint density at radius 2 is 1.97 bits per heavy atom. The minimum atomic E-state index is -4.13. The summed E-state index contributed by atoms with van der Waals surface area (Å²) in [6.45, 7) is 9.42. The van der Waals surface area contributed by atoms with Gasteiger partial charge in [-0.3, -0.25) is 9.78 Å². The van der Waals surface area contributed by atoms with E-state index in [9.17, 15) is 22.7 Å². The van der Waals surface area contributed by atoms with Crippen molar-refractivity contribution in [3.05, 3.63) is 35.2 Å². The second-order valence-corrected chi connectivity index (χ2v) is 19.6. The third kappa shape index (κ3) is 5.98. The molecule has 2 aliphatic rings.